The lowest BCUT2D eigenvalue weighted by Gasteiger charge is -2.05. The van der Waals surface area contributed by atoms with E-state index >= 15 is 0 Å². The average Bonchev–Trinajstić information content (AvgIpc) is 2.25. The first-order valence-corrected chi connectivity index (χ1v) is 4.15. The van der Waals surface area contributed by atoms with Crippen LogP contribution in [0.1, 0.15) is 5.56 Å². The van der Waals surface area contributed by atoms with Crippen molar-refractivity contribution in [3.8, 4) is 11.5 Å². The second kappa shape index (κ2) is 5.07. The number of hydrogen-bond acceptors (Lipinski definition) is 3. The Morgan fingerprint density at radius 2 is 1.64 bits per heavy atom. The van der Waals surface area contributed by atoms with E-state index in [4.69, 9.17) is 9.47 Å². The zero-order chi connectivity index (χ0) is 10.4. The van der Waals surface area contributed by atoms with E-state index in [0.717, 1.165) is 11.8 Å². The van der Waals surface area contributed by atoms with Gasteiger partial charge in [0.05, 0.1) is 14.2 Å². The van der Waals surface area contributed by atoms with E-state index in [0.29, 0.717) is 11.5 Å². The highest BCUT2D eigenvalue weighted by molar-refractivity contribution is 5.74. The van der Waals surface area contributed by atoms with Gasteiger partial charge in [-0.2, -0.15) is 0 Å². The molecule has 0 saturated heterocycles. The molecule has 0 aliphatic carbocycles. The highest BCUT2D eigenvalue weighted by atomic mass is 16.5. The van der Waals surface area contributed by atoms with Crippen molar-refractivity contribution < 1.29 is 14.3 Å². The van der Waals surface area contributed by atoms with Crippen molar-refractivity contribution in [2.75, 3.05) is 14.2 Å². The largest absolute Gasteiger partial charge is 0.497 e. The lowest BCUT2D eigenvalue weighted by atomic mass is 10.2. The Bertz CT molecular complexity index is 320. The fourth-order valence-corrected chi connectivity index (χ4v) is 1.08. The minimum Gasteiger partial charge on any atom is -0.497 e. The summed E-state index contributed by atoms with van der Waals surface area (Å²) in [5.74, 6) is 1.41. The van der Waals surface area contributed by atoms with Crippen molar-refractivity contribution >= 4 is 12.4 Å². The Balaban J connectivity index is 3.03. The molecule has 74 valence electrons. The maximum Gasteiger partial charge on any atom is 0.142 e. The quantitative estimate of drug-likeness (QED) is 0.540. The van der Waals surface area contributed by atoms with Crippen molar-refractivity contribution in [1.29, 1.82) is 0 Å². The maximum absolute atomic E-state index is 10.1. The van der Waals surface area contributed by atoms with E-state index in [9.17, 15) is 4.79 Å². The summed E-state index contributed by atoms with van der Waals surface area (Å²) in [5, 5.41) is 0. The first kappa shape index (κ1) is 10.3. The van der Waals surface area contributed by atoms with E-state index in [1.165, 1.54) is 6.08 Å². The molecule has 0 spiro atoms. The van der Waals surface area contributed by atoms with E-state index in [-0.39, 0.29) is 0 Å². The second-order valence-electron chi connectivity index (χ2n) is 2.64. The first-order chi connectivity index (χ1) is 6.80. The molecule has 1 aromatic carbocycles. The van der Waals surface area contributed by atoms with Crippen molar-refractivity contribution in [3.63, 3.8) is 0 Å². The summed E-state index contributed by atoms with van der Waals surface area (Å²) >= 11 is 0. The third kappa shape index (κ3) is 2.62. The second-order valence-corrected chi connectivity index (χ2v) is 2.64. The van der Waals surface area contributed by atoms with Gasteiger partial charge in [0, 0.05) is 6.07 Å². The SMILES string of the molecule is COc1cc(/C=C/C=O)cc(OC)c1. The van der Waals surface area contributed by atoms with Gasteiger partial charge in [0.25, 0.3) is 0 Å². The molecule has 0 aliphatic rings. The lowest BCUT2D eigenvalue weighted by molar-refractivity contribution is -0.104. The minimum absolute atomic E-state index is 0.704. The molecular formula is C11H12O3. The van der Waals surface area contributed by atoms with E-state index in [1.54, 1.807) is 26.4 Å². The number of ether oxygens (including phenoxy) is 2. The van der Waals surface area contributed by atoms with E-state index in [1.807, 2.05) is 12.1 Å². The third-order valence-corrected chi connectivity index (χ3v) is 1.74. The standard InChI is InChI=1S/C11H12O3/c1-13-10-6-9(4-3-5-12)7-11(8-10)14-2/h3-8H,1-2H3/b4-3+. The molecule has 0 N–H and O–H groups in total. The Labute approximate surface area is 83.0 Å². The van der Waals surface area contributed by atoms with Crippen LogP contribution in [-0.2, 0) is 4.79 Å². The summed E-state index contributed by atoms with van der Waals surface area (Å²) in [6.07, 6.45) is 3.85. The van der Waals surface area contributed by atoms with Crippen molar-refractivity contribution in [3.05, 3.63) is 29.8 Å². The average molecular weight is 192 g/mol. The zero-order valence-electron chi connectivity index (χ0n) is 8.19. The van der Waals surface area contributed by atoms with Gasteiger partial charge in [-0.1, -0.05) is 6.08 Å². The van der Waals surface area contributed by atoms with Crippen LogP contribution in [0.25, 0.3) is 6.08 Å². The summed E-state index contributed by atoms with van der Waals surface area (Å²) < 4.78 is 10.2. The minimum atomic E-state index is 0.704. The van der Waals surface area contributed by atoms with Gasteiger partial charge >= 0.3 is 0 Å². The molecule has 0 radical (unpaired) electrons. The number of methoxy groups -OCH3 is 2. The van der Waals surface area contributed by atoms with Crippen molar-refractivity contribution in [1.82, 2.24) is 0 Å². The molecule has 0 aliphatic heterocycles. The normalized spacial score (nSPS) is 10.1. The highest BCUT2D eigenvalue weighted by Crippen LogP contribution is 2.22. The first-order valence-electron chi connectivity index (χ1n) is 4.15. The molecule has 14 heavy (non-hydrogen) atoms. The molecule has 3 heteroatoms. The molecule has 0 aromatic heterocycles. The van der Waals surface area contributed by atoms with Gasteiger partial charge in [-0.15, -0.1) is 0 Å². The van der Waals surface area contributed by atoms with Gasteiger partial charge in [0.15, 0.2) is 0 Å². The summed E-state index contributed by atoms with van der Waals surface area (Å²) in [5.41, 5.74) is 0.869. The molecule has 1 rings (SSSR count). The highest BCUT2D eigenvalue weighted by Gasteiger charge is 1.98. The van der Waals surface area contributed by atoms with Crippen LogP contribution in [-0.4, -0.2) is 20.5 Å². The van der Waals surface area contributed by atoms with Crippen LogP contribution < -0.4 is 9.47 Å². The van der Waals surface area contributed by atoms with Crippen LogP contribution >= 0.6 is 0 Å². The lowest BCUT2D eigenvalue weighted by Crippen LogP contribution is -1.88. The van der Waals surface area contributed by atoms with Gasteiger partial charge in [-0.3, -0.25) is 4.79 Å². The molecular weight excluding hydrogens is 180 g/mol. The molecule has 0 amide bonds. The summed E-state index contributed by atoms with van der Waals surface area (Å²) in [4.78, 5) is 10.1. The molecule has 0 bridgehead atoms. The molecule has 0 fully saturated rings. The number of hydrogen-bond donors (Lipinski definition) is 0. The molecule has 1 aromatic rings. The monoisotopic (exact) mass is 192 g/mol. The Morgan fingerprint density at radius 3 is 2.07 bits per heavy atom. The smallest absolute Gasteiger partial charge is 0.142 e. The van der Waals surface area contributed by atoms with Gasteiger partial charge in [-0.25, -0.2) is 0 Å². The molecule has 0 atom stereocenters. The zero-order valence-corrected chi connectivity index (χ0v) is 8.19. The molecule has 0 saturated carbocycles. The summed E-state index contributed by atoms with van der Waals surface area (Å²) in [6.45, 7) is 0. The van der Waals surface area contributed by atoms with Crippen LogP contribution in [0.5, 0.6) is 11.5 Å². The number of benzene rings is 1. The Hall–Kier alpha value is -1.77. The Kier molecular flexibility index (Phi) is 3.73. The molecule has 0 unspecified atom stereocenters. The van der Waals surface area contributed by atoms with Crippen LogP contribution in [0, 0.1) is 0 Å². The summed E-state index contributed by atoms with van der Waals surface area (Å²) in [7, 11) is 3.17. The van der Waals surface area contributed by atoms with Gasteiger partial charge in [0.2, 0.25) is 0 Å². The number of aldehydes is 1. The Morgan fingerprint density at radius 1 is 1.07 bits per heavy atom. The van der Waals surface area contributed by atoms with E-state index < -0.39 is 0 Å². The van der Waals surface area contributed by atoms with Crippen molar-refractivity contribution in [2.45, 2.75) is 0 Å². The van der Waals surface area contributed by atoms with Crippen LogP contribution in [0.15, 0.2) is 24.3 Å². The fourth-order valence-electron chi connectivity index (χ4n) is 1.08. The van der Waals surface area contributed by atoms with Gasteiger partial charge in [-0.05, 0) is 23.8 Å². The predicted octanol–water partition coefficient (Wildman–Crippen LogP) is 1.92. The number of carbonyl (C=O) groups is 1. The fraction of sp³-hybridized carbons (Fsp3) is 0.182. The third-order valence-electron chi connectivity index (χ3n) is 1.74. The number of rotatable bonds is 4. The maximum atomic E-state index is 10.1. The number of allylic oxidation sites excluding steroid dienone is 1. The van der Waals surface area contributed by atoms with Crippen LogP contribution in [0.4, 0.5) is 0 Å². The summed E-state index contributed by atoms with van der Waals surface area (Å²) in [6, 6.07) is 5.42. The predicted molar refractivity (Wildman–Crippen MR) is 54.6 cm³/mol. The van der Waals surface area contributed by atoms with Crippen LogP contribution in [0.3, 0.4) is 0 Å². The van der Waals surface area contributed by atoms with Crippen molar-refractivity contribution in [2.24, 2.45) is 0 Å². The van der Waals surface area contributed by atoms with Crippen LogP contribution in [0.2, 0.25) is 0 Å². The van der Waals surface area contributed by atoms with Gasteiger partial charge in [0.1, 0.15) is 17.8 Å². The topological polar surface area (TPSA) is 35.5 Å². The van der Waals surface area contributed by atoms with E-state index in [2.05, 4.69) is 0 Å². The molecule has 0 heterocycles. The van der Waals surface area contributed by atoms with Gasteiger partial charge < -0.3 is 9.47 Å². The molecule has 3 nitrogen and oxygen atoms in total. The number of carbonyl (C=O) groups excluding carboxylic acids is 1.